The summed E-state index contributed by atoms with van der Waals surface area (Å²) in [5.74, 6) is -2.11. The fourth-order valence-corrected chi connectivity index (χ4v) is 2.72. The molecule has 0 aliphatic carbocycles. The first-order valence-corrected chi connectivity index (χ1v) is 9.15. The van der Waals surface area contributed by atoms with Crippen LogP contribution in [-0.4, -0.2) is 52.0 Å². The van der Waals surface area contributed by atoms with Gasteiger partial charge in [-0.15, -0.1) is 0 Å². The zero-order valence-electron chi connectivity index (χ0n) is 15.5. The van der Waals surface area contributed by atoms with E-state index in [1.807, 2.05) is 36.4 Å². The molecular formula is C21H26N2O5. The first-order chi connectivity index (χ1) is 13.5. The molecule has 5 N–H and O–H groups in total. The highest BCUT2D eigenvalue weighted by Gasteiger charge is 2.28. The molecule has 0 aromatic heterocycles. The number of carboxylic acids is 1. The third kappa shape index (κ3) is 7.11. The maximum atomic E-state index is 12.1. The van der Waals surface area contributed by atoms with Gasteiger partial charge in [0.15, 0.2) is 6.10 Å². The number of carbonyl (C=O) groups excluding carboxylic acids is 1. The van der Waals surface area contributed by atoms with Crippen molar-refractivity contribution in [1.29, 1.82) is 0 Å². The molecule has 0 saturated carbocycles. The molecule has 7 nitrogen and oxygen atoms in total. The van der Waals surface area contributed by atoms with Crippen LogP contribution in [0.15, 0.2) is 60.7 Å². The number of nitrogens with one attached hydrogen (secondary N) is 2. The smallest absolute Gasteiger partial charge is 0.326 e. The molecule has 0 spiro atoms. The number of aliphatic hydroxyl groups excluding tert-OH is 2. The van der Waals surface area contributed by atoms with Crippen molar-refractivity contribution in [3.63, 3.8) is 0 Å². The lowest BCUT2D eigenvalue weighted by molar-refractivity contribution is -0.145. The molecule has 0 radical (unpaired) electrons. The van der Waals surface area contributed by atoms with Gasteiger partial charge in [0, 0.05) is 13.0 Å². The first-order valence-electron chi connectivity index (χ1n) is 9.15. The van der Waals surface area contributed by atoms with Crippen LogP contribution in [-0.2, 0) is 22.6 Å². The Kier molecular flexibility index (Phi) is 8.61. The van der Waals surface area contributed by atoms with Crippen molar-refractivity contribution in [3.05, 3.63) is 71.8 Å². The van der Waals surface area contributed by atoms with Gasteiger partial charge in [0.2, 0.25) is 0 Å². The number of amides is 1. The average molecular weight is 386 g/mol. The van der Waals surface area contributed by atoms with Gasteiger partial charge < -0.3 is 26.0 Å². The van der Waals surface area contributed by atoms with Crippen LogP contribution in [0.25, 0.3) is 0 Å². The molecule has 2 aromatic carbocycles. The summed E-state index contributed by atoms with van der Waals surface area (Å²) in [5, 5.41) is 34.8. The van der Waals surface area contributed by atoms with E-state index in [4.69, 9.17) is 0 Å². The van der Waals surface area contributed by atoms with E-state index in [0.717, 1.165) is 11.1 Å². The molecule has 0 aliphatic rings. The lowest BCUT2D eigenvalue weighted by atomic mass is 10.0. The largest absolute Gasteiger partial charge is 0.480 e. The Morgan fingerprint density at radius 3 is 2.04 bits per heavy atom. The van der Waals surface area contributed by atoms with E-state index in [1.165, 1.54) is 0 Å². The Morgan fingerprint density at radius 2 is 1.46 bits per heavy atom. The summed E-state index contributed by atoms with van der Waals surface area (Å²) < 4.78 is 0. The zero-order valence-corrected chi connectivity index (χ0v) is 15.5. The quantitative estimate of drug-likeness (QED) is 0.363. The maximum Gasteiger partial charge on any atom is 0.326 e. The van der Waals surface area contributed by atoms with Crippen LogP contribution in [0.3, 0.4) is 0 Å². The van der Waals surface area contributed by atoms with Crippen LogP contribution in [0.1, 0.15) is 17.5 Å². The number of carboxylic acid groups (broad SMARTS) is 1. The summed E-state index contributed by atoms with van der Waals surface area (Å²) in [5.41, 5.74) is 1.83. The molecule has 0 aliphatic heterocycles. The molecule has 3 atom stereocenters. The van der Waals surface area contributed by atoms with Gasteiger partial charge in [-0.05, 0) is 24.1 Å². The van der Waals surface area contributed by atoms with Gasteiger partial charge in [0.1, 0.15) is 6.04 Å². The Hall–Kier alpha value is -2.74. The van der Waals surface area contributed by atoms with E-state index in [9.17, 15) is 24.9 Å². The standard InChI is InChI=1S/C21H26N2O5/c24-18(11-12-22-14-16-9-5-2-6-10-16)19(25)20(26)23-17(21(27)28)13-15-7-3-1-4-8-15/h1-10,17-19,22,24-25H,11-14H2,(H,23,26)(H,27,28)/t17-,18-,19+/m0/s1. The third-order valence-corrected chi connectivity index (χ3v) is 4.32. The minimum Gasteiger partial charge on any atom is -0.480 e. The number of aliphatic carboxylic acids is 1. The third-order valence-electron chi connectivity index (χ3n) is 4.32. The highest BCUT2D eigenvalue weighted by molar-refractivity contribution is 5.86. The van der Waals surface area contributed by atoms with Gasteiger partial charge in [-0.2, -0.15) is 0 Å². The SMILES string of the molecule is O=C(O)[C@H](Cc1ccccc1)NC(=O)[C@H](O)[C@@H](O)CCNCc1ccccc1. The minimum atomic E-state index is -1.70. The Morgan fingerprint density at radius 1 is 0.893 bits per heavy atom. The van der Waals surface area contributed by atoms with Crippen LogP contribution >= 0.6 is 0 Å². The van der Waals surface area contributed by atoms with Crippen molar-refractivity contribution >= 4 is 11.9 Å². The molecular weight excluding hydrogens is 360 g/mol. The van der Waals surface area contributed by atoms with Gasteiger partial charge in [0.25, 0.3) is 5.91 Å². The number of aliphatic hydroxyl groups is 2. The predicted molar refractivity (Wildman–Crippen MR) is 104 cm³/mol. The molecule has 0 saturated heterocycles. The summed E-state index contributed by atoms with van der Waals surface area (Å²) in [6.07, 6.45) is -2.76. The fourth-order valence-electron chi connectivity index (χ4n) is 2.72. The van der Waals surface area contributed by atoms with Crippen LogP contribution in [0, 0.1) is 0 Å². The summed E-state index contributed by atoms with van der Waals surface area (Å²) in [4.78, 5) is 23.5. The maximum absolute atomic E-state index is 12.1. The van der Waals surface area contributed by atoms with Crippen molar-refractivity contribution < 1.29 is 24.9 Å². The molecule has 0 heterocycles. The van der Waals surface area contributed by atoms with Crippen molar-refractivity contribution in [3.8, 4) is 0 Å². The molecule has 2 rings (SSSR count). The van der Waals surface area contributed by atoms with Crippen LogP contribution < -0.4 is 10.6 Å². The Bertz CT molecular complexity index is 739. The Balaban J connectivity index is 1.78. The van der Waals surface area contributed by atoms with Crippen molar-refractivity contribution in [2.75, 3.05) is 6.54 Å². The van der Waals surface area contributed by atoms with Crippen LogP contribution in [0.2, 0.25) is 0 Å². The molecule has 150 valence electrons. The lowest BCUT2D eigenvalue weighted by Crippen LogP contribution is -2.50. The first kappa shape index (κ1) is 21.6. The molecule has 0 unspecified atom stereocenters. The van der Waals surface area contributed by atoms with Gasteiger partial charge in [-0.3, -0.25) is 4.79 Å². The van der Waals surface area contributed by atoms with E-state index in [0.29, 0.717) is 13.1 Å². The second-order valence-electron chi connectivity index (χ2n) is 6.55. The van der Waals surface area contributed by atoms with E-state index in [1.54, 1.807) is 24.3 Å². The van der Waals surface area contributed by atoms with E-state index in [-0.39, 0.29) is 12.8 Å². The van der Waals surface area contributed by atoms with Gasteiger partial charge in [-0.1, -0.05) is 60.7 Å². The number of benzene rings is 2. The predicted octanol–water partition coefficient (Wildman–Crippen LogP) is 0.700. The molecule has 2 aromatic rings. The highest BCUT2D eigenvalue weighted by Crippen LogP contribution is 2.06. The second kappa shape index (κ2) is 11.2. The summed E-state index contributed by atoms with van der Waals surface area (Å²) >= 11 is 0. The number of hydrogen-bond acceptors (Lipinski definition) is 5. The van der Waals surface area contributed by atoms with Gasteiger partial charge >= 0.3 is 5.97 Å². The van der Waals surface area contributed by atoms with E-state index >= 15 is 0 Å². The fraction of sp³-hybridized carbons (Fsp3) is 0.333. The monoisotopic (exact) mass is 386 g/mol. The van der Waals surface area contributed by atoms with Gasteiger partial charge in [-0.25, -0.2) is 4.79 Å². The number of carbonyl (C=O) groups is 2. The van der Waals surface area contributed by atoms with Crippen molar-refractivity contribution in [2.24, 2.45) is 0 Å². The lowest BCUT2D eigenvalue weighted by Gasteiger charge is -2.21. The number of rotatable bonds is 11. The highest BCUT2D eigenvalue weighted by atomic mass is 16.4. The molecule has 1 amide bonds. The normalized spacial score (nSPS) is 14.1. The number of hydrogen-bond donors (Lipinski definition) is 5. The second-order valence-corrected chi connectivity index (χ2v) is 6.55. The average Bonchev–Trinajstić information content (AvgIpc) is 2.71. The summed E-state index contributed by atoms with van der Waals surface area (Å²) in [6, 6.07) is 17.4. The van der Waals surface area contributed by atoms with Crippen molar-refractivity contribution in [1.82, 2.24) is 10.6 Å². The molecule has 0 bridgehead atoms. The summed E-state index contributed by atoms with van der Waals surface area (Å²) in [7, 11) is 0. The molecule has 0 fully saturated rings. The topological polar surface area (TPSA) is 119 Å². The van der Waals surface area contributed by atoms with Crippen molar-refractivity contribution in [2.45, 2.75) is 37.6 Å². The van der Waals surface area contributed by atoms with Crippen LogP contribution in [0.4, 0.5) is 0 Å². The van der Waals surface area contributed by atoms with E-state index in [2.05, 4.69) is 10.6 Å². The van der Waals surface area contributed by atoms with Gasteiger partial charge in [0.05, 0.1) is 6.10 Å². The Labute approximate surface area is 164 Å². The van der Waals surface area contributed by atoms with Crippen LogP contribution in [0.5, 0.6) is 0 Å². The molecule has 7 heteroatoms. The van der Waals surface area contributed by atoms with E-state index < -0.39 is 30.1 Å². The zero-order chi connectivity index (χ0) is 20.4. The summed E-state index contributed by atoms with van der Waals surface area (Å²) in [6.45, 7) is 1.00. The minimum absolute atomic E-state index is 0.0867. The molecule has 28 heavy (non-hydrogen) atoms.